The minimum atomic E-state index is -3.57. The summed E-state index contributed by atoms with van der Waals surface area (Å²) in [6.07, 6.45) is 3.18. The number of halogens is 2. The number of hydrogen-bond donors (Lipinski definition) is 0. The van der Waals surface area contributed by atoms with Crippen molar-refractivity contribution in [1.82, 2.24) is 4.31 Å². The van der Waals surface area contributed by atoms with E-state index in [2.05, 4.69) is 0 Å². The van der Waals surface area contributed by atoms with E-state index < -0.39 is 33.5 Å². The van der Waals surface area contributed by atoms with E-state index in [1.165, 1.54) is 21.3 Å². The predicted octanol–water partition coefficient (Wildman–Crippen LogP) is 3.08. The van der Waals surface area contributed by atoms with Crippen LogP contribution < -0.4 is 9.80 Å². The minimum absolute atomic E-state index is 0.00742. The summed E-state index contributed by atoms with van der Waals surface area (Å²) in [6.45, 7) is 1.43. The number of sulfonamides is 1. The van der Waals surface area contributed by atoms with E-state index in [4.69, 9.17) is 0 Å². The second-order valence-corrected chi connectivity index (χ2v) is 10.9. The molecule has 1 unspecified atom stereocenters. The first-order valence-corrected chi connectivity index (χ1v) is 12.9. The van der Waals surface area contributed by atoms with Crippen LogP contribution in [0.1, 0.15) is 31.2 Å². The first-order valence-electron chi connectivity index (χ1n) is 11.5. The minimum Gasteiger partial charge on any atom is -0.312 e. The molecule has 2 aromatic rings. The zero-order valence-electron chi connectivity index (χ0n) is 18.5. The molecule has 2 saturated heterocycles. The normalized spacial score (nSPS) is 21.2. The van der Waals surface area contributed by atoms with Crippen LogP contribution in [0.3, 0.4) is 0 Å². The number of anilines is 2. The third-order valence-electron chi connectivity index (χ3n) is 6.84. The monoisotopic (exact) mass is 489 g/mol. The summed E-state index contributed by atoms with van der Waals surface area (Å²) in [7, 11) is -3.57. The number of hydrogen-bond acceptors (Lipinski definition) is 4. The quantitative estimate of drug-likeness (QED) is 0.662. The lowest BCUT2D eigenvalue weighted by molar-refractivity contribution is -0.124. The van der Waals surface area contributed by atoms with E-state index >= 15 is 0 Å². The van der Waals surface area contributed by atoms with Gasteiger partial charge in [0.1, 0.15) is 11.6 Å². The number of benzene rings is 2. The van der Waals surface area contributed by atoms with Crippen LogP contribution in [0.5, 0.6) is 0 Å². The van der Waals surface area contributed by atoms with Crippen molar-refractivity contribution in [3.8, 4) is 0 Å². The molecular formula is C24H25F2N3O4S. The van der Waals surface area contributed by atoms with Gasteiger partial charge in [0.25, 0.3) is 0 Å². The van der Waals surface area contributed by atoms with Crippen molar-refractivity contribution >= 4 is 33.2 Å². The summed E-state index contributed by atoms with van der Waals surface area (Å²) >= 11 is 0. The Balaban J connectivity index is 1.34. The molecule has 7 nitrogen and oxygen atoms in total. The molecule has 34 heavy (non-hydrogen) atoms. The maximum absolute atomic E-state index is 14.2. The molecule has 2 aromatic carbocycles. The lowest BCUT2D eigenvalue weighted by Crippen LogP contribution is -2.36. The van der Waals surface area contributed by atoms with Crippen LogP contribution in [0.2, 0.25) is 0 Å². The summed E-state index contributed by atoms with van der Waals surface area (Å²) in [5.41, 5.74) is 1.37. The number of amides is 2. The lowest BCUT2D eigenvalue weighted by Gasteiger charge is -2.26. The maximum Gasteiger partial charge on any atom is 0.243 e. The largest absolute Gasteiger partial charge is 0.312 e. The molecule has 0 bridgehead atoms. The summed E-state index contributed by atoms with van der Waals surface area (Å²) < 4.78 is 55.0. The third-order valence-corrected chi connectivity index (χ3v) is 8.73. The molecule has 180 valence electrons. The van der Waals surface area contributed by atoms with E-state index in [0.717, 1.165) is 30.9 Å². The molecule has 2 amide bonds. The van der Waals surface area contributed by atoms with Gasteiger partial charge in [0.15, 0.2) is 0 Å². The Labute approximate surface area is 197 Å². The van der Waals surface area contributed by atoms with Crippen molar-refractivity contribution < 1.29 is 26.8 Å². The number of rotatable bonds is 4. The van der Waals surface area contributed by atoms with Gasteiger partial charge < -0.3 is 9.80 Å². The summed E-state index contributed by atoms with van der Waals surface area (Å²) in [4.78, 5) is 28.8. The Morgan fingerprint density at radius 2 is 1.68 bits per heavy atom. The molecule has 3 aliphatic rings. The summed E-state index contributed by atoms with van der Waals surface area (Å²) in [6, 6.07) is 7.83. The molecule has 5 rings (SSSR count). The third kappa shape index (κ3) is 3.98. The summed E-state index contributed by atoms with van der Waals surface area (Å²) in [5.74, 6) is -2.92. The molecule has 2 fully saturated rings. The highest BCUT2D eigenvalue weighted by Crippen LogP contribution is 2.35. The van der Waals surface area contributed by atoms with Crippen molar-refractivity contribution in [2.45, 2.75) is 37.0 Å². The molecule has 10 heteroatoms. The Morgan fingerprint density at radius 1 is 0.941 bits per heavy atom. The van der Waals surface area contributed by atoms with Gasteiger partial charge in [0.05, 0.1) is 16.5 Å². The highest BCUT2D eigenvalue weighted by Gasteiger charge is 2.40. The Kier molecular flexibility index (Phi) is 5.89. The fourth-order valence-corrected chi connectivity index (χ4v) is 6.62. The molecule has 0 N–H and O–H groups in total. The zero-order valence-corrected chi connectivity index (χ0v) is 19.4. The predicted molar refractivity (Wildman–Crippen MR) is 122 cm³/mol. The highest BCUT2D eigenvalue weighted by molar-refractivity contribution is 7.89. The fourth-order valence-electron chi connectivity index (χ4n) is 5.05. The van der Waals surface area contributed by atoms with E-state index in [1.807, 2.05) is 0 Å². The number of piperidine rings is 1. The van der Waals surface area contributed by atoms with Gasteiger partial charge >= 0.3 is 0 Å². The van der Waals surface area contributed by atoms with Crippen molar-refractivity contribution in [3.63, 3.8) is 0 Å². The van der Waals surface area contributed by atoms with E-state index in [9.17, 15) is 26.8 Å². The highest BCUT2D eigenvalue weighted by atomic mass is 32.2. The summed E-state index contributed by atoms with van der Waals surface area (Å²) in [5, 5.41) is 0. The fraction of sp³-hybridized carbons (Fsp3) is 0.417. The van der Waals surface area contributed by atoms with Gasteiger partial charge in [-0.15, -0.1) is 0 Å². The lowest BCUT2D eigenvalue weighted by atomic mass is 10.1. The number of fused-ring (bicyclic) bond motifs is 1. The van der Waals surface area contributed by atoms with Gasteiger partial charge in [-0.2, -0.15) is 4.31 Å². The number of nitrogens with zero attached hydrogens (tertiary/aromatic N) is 3. The van der Waals surface area contributed by atoms with Crippen LogP contribution in [0.15, 0.2) is 41.3 Å². The molecule has 3 heterocycles. The zero-order chi connectivity index (χ0) is 24.0. The SMILES string of the molecule is O=C1CC(C(=O)N2CCc3cc(S(=O)(=O)N4CCCCC4)ccc32)CN1c1ccc(F)cc1F. The molecule has 0 aliphatic carbocycles. The standard InChI is InChI=1S/C24H25F2N3O4S/c25-18-4-6-22(20(26)14-18)29-15-17(13-23(29)30)24(31)28-11-8-16-12-19(5-7-21(16)28)34(32,33)27-9-2-1-3-10-27/h4-7,12,14,17H,1-3,8-11,13,15H2. The Hall–Kier alpha value is -2.85. The molecule has 1 atom stereocenters. The molecular weight excluding hydrogens is 464 g/mol. The van der Waals surface area contributed by atoms with Crippen LogP contribution in [-0.4, -0.2) is 50.7 Å². The average molecular weight is 490 g/mol. The smallest absolute Gasteiger partial charge is 0.243 e. The topological polar surface area (TPSA) is 78.0 Å². The van der Waals surface area contributed by atoms with Crippen LogP contribution in [0.25, 0.3) is 0 Å². The first kappa shape index (κ1) is 22.9. The second kappa shape index (κ2) is 8.74. The van der Waals surface area contributed by atoms with Crippen LogP contribution in [0, 0.1) is 17.6 Å². The van der Waals surface area contributed by atoms with E-state index in [-0.39, 0.29) is 29.5 Å². The van der Waals surface area contributed by atoms with Crippen molar-refractivity contribution in [1.29, 1.82) is 0 Å². The van der Waals surface area contributed by atoms with E-state index in [0.29, 0.717) is 37.8 Å². The first-order chi connectivity index (χ1) is 16.3. The Morgan fingerprint density at radius 3 is 2.41 bits per heavy atom. The van der Waals surface area contributed by atoms with Gasteiger partial charge in [-0.1, -0.05) is 6.42 Å². The number of carbonyl (C=O) groups is 2. The molecule has 0 saturated carbocycles. The molecule has 0 radical (unpaired) electrons. The van der Waals surface area contributed by atoms with Gasteiger partial charge in [0, 0.05) is 44.4 Å². The van der Waals surface area contributed by atoms with Gasteiger partial charge in [-0.3, -0.25) is 9.59 Å². The maximum atomic E-state index is 14.2. The second-order valence-electron chi connectivity index (χ2n) is 9.00. The molecule has 0 spiro atoms. The van der Waals surface area contributed by atoms with Gasteiger partial charge in [-0.05, 0) is 55.2 Å². The number of carbonyl (C=O) groups excluding carboxylic acids is 2. The van der Waals surface area contributed by atoms with Gasteiger partial charge in [-0.25, -0.2) is 17.2 Å². The van der Waals surface area contributed by atoms with Crippen molar-refractivity contribution in [2.75, 3.05) is 36.0 Å². The molecule has 3 aliphatic heterocycles. The Bertz CT molecular complexity index is 1260. The van der Waals surface area contributed by atoms with Crippen LogP contribution in [-0.2, 0) is 26.0 Å². The van der Waals surface area contributed by atoms with Crippen molar-refractivity contribution in [2.24, 2.45) is 5.92 Å². The molecule has 0 aromatic heterocycles. The van der Waals surface area contributed by atoms with Crippen LogP contribution in [0.4, 0.5) is 20.2 Å². The van der Waals surface area contributed by atoms with Gasteiger partial charge in [0.2, 0.25) is 21.8 Å². The van der Waals surface area contributed by atoms with Crippen molar-refractivity contribution in [3.05, 3.63) is 53.6 Å². The van der Waals surface area contributed by atoms with E-state index in [1.54, 1.807) is 17.0 Å². The average Bonchev–Trinajstić information content (AvgIpc) is 3.42. The van der Waals surface area contributed by atoms with Crippen LogP contribution >= 0.6 is 0 Å².